The normalized spacial score (nSPS) is 13.9. The lowest BCUT2D eigenvalue weighted by Crippen LogP contribution is -2.37. The molecule has 0 heterocycles. The molecule has 0 fully saturated rings. The van der Waals surface area contributed by atoms with Crippen molar-refractivity contribution in [2.45, 2.75) is 6.92 Å². The zero-order valence-electron chi connectivity index (χ0n) is 12.3. The zero-order valence-corrected chi connectivity index (χ0v) is 15.6. The molecule has 0 aromatic heterocycles. The van der Waals surface area contributed by atoms with Crippen LogP contribution in [0.4, 0.5) is 4.79 Å². The molecule has 0 spiro atoms. The van der Waals surface area contributed by atoms with Gasteiger partial charge in [0, 0.05) is 20.4 Å². The van der Waals surface area contributed by atoms with Crippen LogP contribution >= 0.6 is 18.3 Å². The van der Waals surface area contributed by atoms with Gasteiger partial charge < -0.3 is 13.6 Å². The minimum Gasteiger partial charge on any atom is -0.597 e. The second-order valence-electron chi connectivity index (χ2n) is 3.45. The van der Waals surface area contributed by atoms with Crippen LogP contribution in [0.15, 0.2) is 5.16 Å². The molecule has 0 saturated heterocycles. The van der Waals surface area contributed by atoms with Gasteiger partial charge in [0.1, 0.15) is 5.04 Å². The first-order valence-corrected chi connectivity index (χ1v) is 11.1. The van der Waals surface area contributed by atoms with E-state index in [1.54, 1.807) is 13.2 Å². The Morgan fingerprint density at radius 1 is 1.48 bits per heavy atom. The first-order chi connectivity index (χ1) is 9.86. The fraction of sp³-hybridized carbons (Fsp3) is 0.778. The van der Waals surface area contributed by atoms with Crippen molar-refractivity contribution < 1.29 is 23.2 Å². The van der Waals surface area contributed by atoms with Crippen molar-refractivity contribution in [3.8, 4) is 0 Å². The molecule has 0 aliphatic heterocycles. The summed E-state index contributed by atoms with van der Waals surface area (Å²) in [5.41, 5.74) is 0. The predicted molar refractivity (Wildman–Crippen MR) is 90.4 cm³/mol. The molecule has 0 radical (unpaired) electrons. The maximum absolute atomic E-state index is 11.6. The summed E-state index contributed by atoms with van der Waals surface area (Å²) in [6.45, 7) is -0.241. The van der Waals surface area contributed by atoms with Crippen LogP contribution in [0.1, 0.15) is 6.92 Å². The van der Waals surface area contributed by atoms with Crippen molar-refractivity contribution in [1.82, 2.24) is 10.0 Å². The summed E-state index contributed by atoms with van der Waals surface area (Å²) in [6.07, 6.45) is 1.47. The summed E-state index contributed by atoms with van der Waals surface area (Å²) in [5.74, 6) is -0.102. The number of nitrogens with zero attached hydrogens (tertiary/aromatic N) is 1. The third-order valence-corrected chi connectivity index (χ3v) is 7.03. The number of amides is 1. The van der Waals surface area contributed by atoms with Crippen LogP contribution in [0.2, 0.25) is 0 Å². The standard InChI is InChI=1S/C9H20N3O5PS3/c1-8(20-4)12-17-9(13)10-7-21(14)11-5-6-18(19,15-2)16-3/h11H,5-7H2,1-4H3,(H,10,13). The lowest BCUT2D eigenvalue weighted by molar-refractivity contribution is 0.152. The van der Waals surface area contributed by atoms with Crippen LogP contribution in [0.3, 0.4) is 0 Å². The molecule has 0 bridgehead atoms. The van der Waals surface area contributed by atoms with Crippen LogP contribution < -0.4 is 10.0 Å². The van der Waals surface area contributed by atoms with Gasteiger partial charge in [-0.15, -0.1) is 16.5 Å². The van der Waals surface area contributed by atoms with Gasteiger partial charge in [-0.3, -0.25) is 10.2 Å². The Morgan fingerprint density at radius 3 is 2.62 bits per heavy atom. The quantitative estimate of drug-likeness (QED) is 0.154. The highest BCUT2D eigenvalue weighted by Gasteiger charge is 2.17. The average molecular weight is 377 g/mol. The van der Waals surface area contributed by atoms with Gasteiger partial charge in [0.2, 0.25) is 5.88 Å². The molecule has 0 saturated carbocycles. The predicted octanol–water partition coefficient (Wildman–Crippen LogP) is 1.22. The van der Waals surface area contributed by atoms with E-state index in [0.29, 0.717) is 17.8 Å². The molecular weight excluding hydrogens is 357 g/mol. The van der Waals surface area contributed by atoms with Gasteiger partial charge in [-0.1, -0.05) is 5.16 Å². The zero-order chi connectivity index (χ0) is 16.3. The third kappa shape index (κ3) is 10.5. The van der Waals surface area contributed by atoms with Gasteiger partial charge in [-0.25, -0.2) is 4.79 Å². The Hall–Kier alpha value is 0.130. The lowest BCUT2D eigenvalue weighted by Gasteiger charge is -2.18. The van der Waals surface area contributed by atoms with Crippen LogP contribution in [-0.4, -0.2) is 54.7 Å². The van der Waals surface area contributed by atoms with Crippen molar-refractivity contribution in [2.24, 2.45) is 5.16 Å². The molecular formula is C9H20N3O5PS3. The molecule has 0 aromatic rings. The molecule has 0 aliphatic carbocycles. The Balaban J connectivity index is 3.88. The number of carbonyl (C=O) groups is 1. The van der Waals surface area contributed by atoms with E-state index in [1.165, 1.54) is 26.0 Å². The van der Waals surface area contributed by atoms with E-state index < -0.39 is 23.9 Å². The lowest BCUT2D eigenvalue weighted by atomic mass is 10.8. The fourth-order valence-corrected chi connectivity index (χ4v) is 3.02. The van der Waals surface area contributed by atoms with Gasteiger partial charge in [-0.2, -0.15) is 0 Å². The summed E-state index contributed by atoms with van der Waals surface area (Å²) in [4.78, 5) is 15.8. The number of thioether (sulfide) groups is 1. The van der Waals surface area contributed by atoms with Gasteiger partial charge in [-0.05, 0) is 25.0 Å². The molecule has 124 valence electrons. The topological polar surface area (TPSA) is 104 Å². The second-order valence-corrected chi connectivity index (χ2v) is 9.79. The molecule has 1 atom stereocenters. The molecule has 21 heavy (non-hydrogen) atoms. The summed E-state index contributed by atoms with van der Waals surface area (Å²) in [7, 11) is 2.96. The van der Waals surface area contributed by atoms with E-state index >= 15 is 0 Å². The molecule has 1 amide bonds. The summed E-state index contributed by atoms with van der Waals surface area (Å²) >= 11 is 5.05. The number of nitrogens with one attached hydrogen (secondary N) is 2. The Morgan fingerprint density at radius 2 is 2.10 bits per heavy atom. The molecule has 0 rings (SSSR count). The van der Waals surface area contributed by atoms with Crippen molar-refractivity contribution in [3.05, 3.63) is 0 Å². The van der Waals surface area contributed by atoms with Crippen molar-refractivity contribution >= 4 is 52.6 Å². The third-order valence-electron chi connectivity index (χ3n) is 2.11. The smallest absolute Gasteiger partial charge is 0.437 e. The maximum Gasteiger partial charge on any atom is 0.437 e. The van der Waals surface area contributed by atoms with Crippen molar-refractivity contribution in [2.75, 3.05) is 39.1 Å². The van der Waals surface area contributed by atoms with E-state index in [0.717, 1.165) is 0 Å². The van der Waals surface area contributed by atoms with Gasteiger partial charge in [0.25, 0.3) is 0 Å². The fourth-order valence-electron chi connectivity index (χ4n) is 0.904. The van der Waals surface area contributed by atoms with E-state index in [-0.39, 0.29) is 5.88 Å². The van der Waals surface area contributed by atoms with Gasteiger partial charge in [0.05, 0.1) is 17.9 Å². The summed E-state index contributed by atoms with van der Waals surface area (Å²) in [6, 6.07) is 0. The number of carbonyl (C=O) groups excluding carboxylic acids is 1. The van der Waals surface area contributed by atoms with E-state index in [2.05, 4.69) is 20.0 Å². The van der Waals surface area contributed by atoms with E-state index in [1.807, 2.05) is 0 Å². The summed E-state index contributed by atoms with van der Waals surface area (Å²) in [5, 5.41) is 6.47. The summed E-state index contributed by atoms with van der Waals surface area (Å²) < 4.78 is 24.5. The maximum atomic E-state index is 11.6. The van der Waals surface area contributed by atoms with E-state index in [4.69, 9.17) is 20.9 Å². The van der Waals surface area contributed by atoms with Crippen LogP contribution in [0.25, 0.3) is 0 Å². The minimum atomic E-state index is -2.30. The molecule has 1 unspecified atom stereocenters. The van der Waals surface area contributed by atoms with Crippen LogP contribution in [0, 0.1) is 0 Å². The van der Waals surface area contributed by atoms with Crippen molar-refractivity contribution in [3.63, 3.8) is 0 Å². The van der Waals surface area contributed by atoms with Crippen molar-refractivity contribution in [1.29, 1.82) is 0 Å². The molecule has 2 N–H and O–H groups in total. The SMILES string of the molecule is COP(=S)(CCN[S+]([O-])CNC(=O)ON=C(C)SC)OC. The highest BCUT2D eigenvalue weighted by atomic mass is 32.5. The molecule has 0 aromatic carbocycles. The van der Waals surface area contributed by atoms with E-state index in [9.17, 15) is 9.35 Å². The van der Waals surface area contributed by atoms with Gasteiger partial charge >= 0.3 is 6.09 Å². The Bertz CT molecular complexity index is 391. The highest BCUT2D eigenvalue weighted by Crippen LogP contribution is 2.45. The van der Waals surface area contributed by atoms with Crippen LogP contribution in [-0.2, 0) is 37.1 Å². The molecule has 12 heteroatoms. The Labute approximate surface area is 137 Å². The molecule has 0 aliphatic rings. The number of hydrogen-bond acceptors (Lipinski definition) is 9. The minimum absolute atomic E-state index is 0.102. The average Bonchev–Trinajstić information content (AvgIpc) is 2.50. The first-order valence-electron chi connectivity index (χ1n) is 5.72. The number of rotatable bonds is 9. The number of hydrogen-bond donors (Lipinski definition) is 2. The number of oxime groups is 1. The van der Waals surface area contributed by atoms with Gasteiger partial charge in [0.15, 0.2) is 6.49 Å². The highest BCUT2D eigenvalue weighted by molar-refractivity contribution is 8.13. The largest absolute Gasteiger partial charge is 0.597 e. The van der Waals surface area contributed by atoms with Crippen LogP contribution in [0.5, 0.6) is 0 Å². The first kappa shape index (κ1) is 21.1. The molecule has 8 nitrogen and oxygen atoms in total. The Kier molecular flexibility index (Phi) is 11.7. The monoisotopic (exact) mass is 377 g/mol. The second kappa shape index (κ2) is 11.7.